The van der Waals surface area contributed by atoms with Crippen LogP contribution in [0.2, 0.25) is 0 Å². The van der Waals surface area contributed by atoms with Gasteiger partial charge in [0.2, 0.25) is 0 Å². The van der Waals surface area contributed by atoms with Crippen LogP contribution in [0.25, 0.3) is 0 Å². The van der Waals surface area contributed by atoms with Crippen molar-refractivity contribution < 1.29 is 24.7 Å². The van der Waals surface area contributed by atoms with Crippen LogP contribution in [-0.2, 0) is 11.2 Å². The minimum absolute atomic E-state index is 0.0385. The number of nitrogens with zero attached hydrogens (tertiary/aromatic N) is 2. The first kappa shape index (κ1) is 17.9. The van der Waals surface area contributed by atoms with Gasteiger partial charge in [0.15, 0.2) is 5.75 Å². The summed E-state index contributed by atoms with van der Waals surface area (Å²) in [6.07, 6.45) is 1.13. The zero-order valence-corrected chi connectivity index (χ0v) is 13.3. The number of hydrogen-bond acceptors (Lipinski definition) is 7. The molecule has 2 rings (SSSR count). The second kappa shape index (κ2) is 7.91. The minimum atomic E-state index is -1.43. The maximum absolute atomic E-state index is 11.3. The lowest BCUT2D eigenvalue weighted by molar-refractivity contribution is -0.385. The number of benzene rings is 2. The quantitative estimate of drug-likeness (QED) is 0.456. The van der Waals surface area contributed by atoms with E-state index in [-0.39, 0.29) is 23.6 Å². The molecule has 0 spiro atoms. The number of nitro benzene ring substituents is 1. The summed E-state index contributed by atoms with van der Waals surface area (Å²) in [5.74, 6) is -1.38. The second-order valence-corrected chi connectivity index (χ2v) is 5.14. The molecule has 0 amide bonds. The summed E-state index contributed by atoms with van der Waals surface area (Å²) in [6.45, 7) is 0. The Bertz CT molecular complexity index is 819. The van der Waals surface area contributed by atoms with Crippen LogP contribution in [0.4, 0.5) is 5.69 Å². The predicted molar refractivity (Wildman–Crippen MR) is 87.8 cm³/mol. The highest BCUT2D eigenvalue weighted by molar-refractivity contribution is 5.85. The van der Waals surface area contributed by atoms with Gasteiger partial charge >= 0.3 is 5.69 Å². The Labute approximate surface area is 143 Å². The van der Waals surface area contributed by atoms with Gasteiger partial charge < -0.3 is 19.7 Å². The van der Waals surface area contributed by atoms with Crippen LogP contribution in [0.5, 0.6) is 11.5 Å². The summed E-state index contributed by atoms with van der Waals surface area (Å²) in [5.41, 5.74) is 0.493. The average Bonchev–Trinajstić information content (AvgIpc) is 2.59. The van der Waals surface area contributed by atoms with E-state index in [0.29, 0.717) is 11.1 Å². The molecule has 0 radical (unpaired) electrons. The number of aliphatic carboxylic acids is 1. The number of ether oxygens (including phenoxy) is 1. The highest BCUT2D eigenvalue weighted by atomic mass is 16.6. The SMILES string of the molecule is COc1ccc(CC(N=Cc2ccccc2O)C(=O)[O-])cc1[N+](=O)[O-]. The van der Waals surface area contributed by atoms with E-state index in [4.69, 9.17) is 4.74 Å². The molecule has 0 heterocycles. The van der Waals surface area contributed by atoms with Crippen molar-refractivity contribution in [1.82, 2.24) is 0 Å². The van der Waals surface area contributed by atoms with E-state index in [9.17, 15) is 25.1 Å². The van der Waals surface area contributed by atoms with Crippen molar-refractivity contribution in [2.45, 2.75) is 12.5 Å². The zero-order chi connectivity index (χ0) is 18.4. The number of para-hydroxylation sites is 1. The molecule has 2 aromatic rings. The summed E-state index contributed by atoms with van der Waals surface area (Å²) < 4.78 is 4.90. The average molecular weight is 343 g/mol. The number of nitro groups is 1. The Balaban J connectivity index is 2.25. The number of aromatic hydroxyl groups is 1. The van der Waals surface area contributed by atoms with Gasteiger partial charge in [0.05, 0.1) is 24.0 Å². The van der Waals surface area contributed by atoms with Crippen molar-refractivity contribution >= 4 is 17.9 Å². The van der Waals surface area contributed by atoms with Crippen LogP contribution in [0.15, 0.2) is 47.5 Å². The standard InChI is InChI=1S/C17H16N2O6/c1-25-16-7-6-11(9-14(16)19(23)24)8-13(17(21)22)18-10-12-4-2-3-5-15(12)20/h2-7,9-10,13,20H,8H2,1H3,(H,21,22)/p-1. The Morgan fingerprint density at radius 1 is 1.36 bits per heavy atom. The number of methoxy groups -OCH3 is 1. The van der Waals surface area contributed by atoms with Gasteiger partial charge in [-0.15, -0.1) is 0 Å². The monoisotopic (exact) mass is 343 g/mol. The molecular weight excluding hydrogens is 328 g/mol. The molecule has 0 aliphatic carbocycles. The van der Waals surface area contributed by atoms with Crippen molar-refractivity contribution in [2.75, 3.05) is 7.11 Å². The number of rotatable bonds is 7. The highest BCUT2D eigenvalue weighted by Gasteiger charge is 2.17. The highest BCUT2D eigenvalue weighted by Crippen LogP contribution is 2.28. The van der Waals surface area contributed by atoms with Crippen LogP contribution in [0.3, 0.4) is 0 Å². The van der Waals surface area contributed by atoms with E-state index >= 15 is 0 Å². The molecule has 0 aliphatic heterocycles. The second-order valence-electron chi connectivity index (χ2n) is 5.14. The Morgan fingerprint density at radius 3 is 2.68 bits per heavy atom. The molecule has 0 saturated heterocycles. The molecule has 1 N–H and O–H groups in total. The lowest BCUT2D eigenvalue weighted by atomic mass is 10.1. The first-order valence-electron chi connectivity index (χ1n) is 7.25. The van der Waals surface area contributed by atoms with Crippen LogP contribution < -0.4 is 9.84 Å². The molecule has 1 unspecified atom stereocenters. The van der Waals surface area contributed by atoms with Gasteiger partial charge in [-0.05, 0) is 23.8 Å². The molecule has 25 heavy (non-hydrogen) atoms. The number of carboxylic acid groups (broad SMARTS) is 1. The van der Waals surface area contributed by atoms with Gasteiger partial charge in [0.25, 0.3) is 0 Å². The van der Waals surface area contributed by atoms with Gasteiger partial charge in [0.1, 0.15) is 5.75 Å². The Kier molecular flexibility index (Phi) is 5.67. The lowest BCUT2D eigenvalue weighted by Gasteiger charge is -2.14. The molecule has 0 saturated carbocycles. The van der Waals surface area contributed by atoms with Crippen molar-refractivity contribution in [3.8, 4) is 11.5 Å². The number of phenolic OH excluding ortho intramolecular Hbond substituents is 1. The van der Waals surface area contributed by atoms with E-state index in [0.717, 1.165) is 0 Å². The normalized spacial score (nSPS) is 12.0. The van der Waals surface area contributed by atoms with Gasteiger partial charge in [0, 0.05) is 24.3 Å². The Hall–Kier alpha value is -3.42. The number of aliphatic imine (C=N–C) groups is 1. The molecule has 2 aromatic carbocycles. The number of hydrogen-bond donors (Lipinski definition) is 1. The zero-order valence-electron chi connectivity index (χ0n) is 13.3. The largest absolute Gasteiger partial charge is 0.548 e. The molecule has 0 aliphatic rings. The molecule has 8 heteroatoms. The van der Waals surface area contributed by atoms with Crippen LogP contribution in [-0.4, -0.2) is 35.4 Å². The van der Waals surface area contributed by atoms with Gasteiger partial charge in [-0.2, -0.15) is 0 Å². The van der Waals surface area contributed by atoms with Gasteiger partial charge in [-0.1, -0.05) is 18.2 Å². The first-order valence-corrected chi connectivity index (χ1v) is 7.25. The third kappa shape index (κ3) is 4.54. The van der Waals surface area contributed by atoms with E-state index < -0.39 is 16.9 Å². The summed E-state index contributed by atoms with van der Waals surface area (Å²) in [5, 5.41) is 32.0. The topological polar surface area (TPSA) is 125 Å². The van der Waals surface area contributed by atoms with Crippen LogP contribution in [0, 0.1) is 10.1 Å². The number of carboxylic acids is 1. The van der Waals surface area contributed by atoms with Gasteiger partial charge in [-0.25, -0.2) is 0 Å². The fourth-order valence-electron chi connectivity index (χ4n) is 2.19. The predicted octanol–water partition coefficient (Wildman–Crippen LogP) is 1.09. The number of phenols is 1. The molecule has 8 nitrogen and oxygen atoms in total. The van der Waals surface area contributed by atoms with E-state index in [1.54, 1.807) is 18.2 Å². The van der Waals surface area contributed by atoms with E-state index in [1.165, 1.54) is 37.6 Å². The fourth-order valence-corrected chi connectivity index (χ4v) is 2.19. The number of carbonyl (C=O) groups excluding carboxylic acids is 1. The van der Waals surface area contributed by atoms with Crippen molar-refractivity contribution in [3.63, 3.8) is 0 Å². The van der Waals surface area contributed by atoms with Crippen molar-refractivity contribution in [2.24, 2.45) is 4.99 Å². The smallest absolute Gasteiger partial charge is 0.311 e. The summed E-state index contributed by atoms with van der Waals surface area (Å²) in [6, 6.07) is 9.22. The summed E-state index contributed by atoms with van der Waals surface area (Å²) in [4.78, 5) is 25.7. The lowest BCUT2D eigenvalue weighted by Crippen LogP contribution is -2.36. The number of carbonyl (C=O) groups is 1. The molecule has 0 aromatic heterocycles. The summed E-state index contributed by atoms with van der Waals surface area (Å²) in [7, 11) is 1.31. The molecule has 0 bridgehead atoms. The first-order chi connectivity index (χ1) is 11.9. The third-order valence-corrected chi connectivity index (χ3v) is 3.47. The maximum Gasteiger partial charge on any atom is 0.311 e. The van der Waals surface area contributed by atoms with Crippen LogP contribution >= 0.6 is 0 Å². The maximum atomic E-state index is 11.3. The molecular formula is C17H15N2O6-. The fraction of sp³-hybridized carbons (Fsp3) is 0.176. The third-order valence-electron chi connectivity index (χ3n) is 3.47. The molecule has 0 fully saturated rings. The molecule has 1 atom stereocenters. The van der Waals surface area contributed by atoms with E-state index in [1.807, 2.05) is 0 Å². The molecule has 130 valence electrons. The Morgan fingerprint density at radius 2 is 2.08 bits per heavy atom. The minimum Gasteiger partial charge on any atom is -0.548 e. The van der Waals surface area contributed by atoms with E-state index in [2.05, 4.69) is 4.99 Å². The van der Waals surface area contributed by atoms with Gasteiger partial charge in [-0.3, -0.25) is 15.1 Å². The summed E-state index contributed by atoms with van der Waals surface area (Å²) >= 11 is 0. The van der Waals surface area contributed by atoms with Crippen LogP contribution in [0.1, 0.15) is 11.1 Å². The van der Waals surface area contributed by atoms with Crippen molar-refractivity contribution in [1.29, 1.82) is 0 Å². The van der Waals surface area contributed by atoms with Crippen molar-refractivity contribution in [3.05, 3.63) is 63.7 Å².